The van der Waals surface area contributed by atoms with E-state index in [2.05, 4.69) is 4.98 Å². The van der Waals surface area contributed by atoms with Gasteiger partial charge in [0.1, 0.15) is 12.0 Å². The van der Waals surface area contributed by atoms with E-state index in [0.717, 1.165) is 25.5 Å². The first kappa shape index (κ1) is 14.3. The van der Waals surface area contributed by atoms with Crippen LogP contribution in [0.3, 0.4) is 0 Å². The first-order chi connectivity index (χ1) is 11.2. The van der Waals surface area contributed by atoms with Gasteiger partial charge >= 0.3 is 0 Å². The lowest BCUT2D eigenvalue weighted by molar-refractivity contribution is -0.119. The Labute approximate surface area is 132 Å². The van der Waals surface area contributed by atoms with E-state index in [4.69, 9.17) is 0 Å². The van der Waals surface area contributed by atoms with E-state index in [1.165, 1.54) is 12.1 Å². The minimum absolute atomic E-state index is 0.0315. The summed E-state index contributed by atoms with van der Waals surface area (Å²) >= 11 is 0. The lowest BCUT2D eigenvalue weighted by Gasteiger charge is -2.29. The van der Waals surface area contributed by atoms with Crippen LogP contribution in [0.4, 0.5) is 14.6 Å². The Morgan fingerprint density at radius 1 is 1.13 bits per heavy atom. The fourth-order valence-electron chi connectivity index (χ4n) is 3.52. The van der Waals surface area contributed by atoms with E-state index in [1.807, 2.05) is 4.90 Å². The Morgan fingerprint density at radius 2 is 2.00 bits per heavy atom. The molecule has 2 aliphatic rings. The molecule has 0 bridgehead atoms. The second-order valence-corrected chi connectivity index (χ2v) is 5.84. The summed E-state index contributed by atoms with van der Waals surface area (Å²) in [5, 5.41) is 0. The summed E-state index contributed by atoms with van der Waals surface area (Å²) < 4.78 is 27.0. The summed E-state index contributed by atoms with van der Waals surface area (Å²) in [5.74, 6) is -1.29. The number of aromatic nitrogens is 1. The van der Waals surface area contributed by atoms with Gasteiger partial charge in [0.2, 0.25) is 5.91 Å². The van der Waals surface area contributed by atoms with E-state index >= 15 is 0 Å². The van der Waals surface area contributed by atoms with E-state index in [0.29, 0.717) is 11.4 Å². The average Bonchev–Trinajstić information content (AvgIpc) is 3.13. The maximum atomic E-state index is 13.7. The highest BCUT2D eigenvalue weighted by Crippen LogP contribution is 2.41. The van der Waals surface area contributed by atoms with Crippen LogP contribution in [0.25, 0.3) is 0 Å². The van der Waals surface area contributed by atoms with Crippen molar-refractivity contribution in [3.63, 3.8) is 0 Å². The molecule has 0 N–H and O–H groups in total. The molecule has 2 atom stereocenters. The predicted octanol–water partition coefficient (Wildman–Crippen LogP) is 2.87. The number of nitrogens with zero attached hydrogens (tertiary/aromatic N) is 3. The van der Waals surface area contributed by atoms with Crippen molar-refractivity contribution in [2.75, 3.05) is 11.4 Å². The quantitative estimate of drug-likeness (QED) is 0.855. The highest BCUT2D eigenvalue weighted by atomic mass is 19.2. The Hall–Kier alpha value is -2.34. The Morgan fingerprint density at radius 3 is 2.74 bits per heavy atom. The number of pyridine rings is 1. The molecular formula is C17H15F2N3O. The van der Waals surface area contributed by atoms with Crippen LogP contribution in [0.2, 0.25) is 0 Å². The number of carbonyl (C=O) groups excluding carboxylic acids is 1. The second kappa shape index (κ2) is 5.38. The first-order valence-electron chi connectivity index (χ1n) is 7.61. The molecule has 1 amide bonds. The molecule has 6 heteroatoms. The van der Waals surface area contributed by atoms with Gasteiger partial charge in [-0.3, -0.25) is 14.6 Å². The number of hydrogen-bond acceptors (Lipinski definition) is 3. The number of fused-ring (bicyclic) bond motifs is 1. The van der Waals surface area contributed by atoms with Crippen molar-refractivity contribution < 1.29 is 13.6 Å². The molecule has 2 saturated heterocycles. The molecule has 3 heterocycles. The van der Waals surface area contributed by atoms with Crippen molar-refractivity contribution in [1.82, 2.24) is 9.88 Å². The van der Waals surface area contributed by atoms with Gasteiger partial charge in [0.25, 0.3) is 0 Å². The van der Waals surface area contributed by atoms with Crippen molar-refractivity contribution in [3.8, 4) is 0 Å². The smallest absolute Gasteiger partial charge is 0.247 e. The molecule has 0 spiro atoms. The zero-order valence-electron chi connectivity index (χ0n) is 12.3. The third kappa shape index (κ3) is 2.21. The molecule has 2 aliphatic heterocycles. The third-order valence-corrected chi connectivity index (χ3v) is 4.51. The lowest BCUT2D eigenvalue weighted by Crippen LogP contribution is -2.33. The monoisotopic (exact) mass is 315 g/mol. The van der Waals surface area contributed by atoms with E-state index in [1.54, 1.807) is 29.3 Å². The van der Waals surface area contributed by atoms with Crippen LogP contribution in [0.15, 0.2) is 42.6 Å². The zero-order chi connectivity index (χ0) is 16.0. The number of halogens is 2. The van der Waals surface area contributed by atoms with E-state index in [-0.39, 0.29) is 11.9 Å². The molecule has 4 rings (SSSR count). The van der Waals surface area contributed by atoms with E-state index < -0.39 is 17.8 Å². The Bertz CT molecular complexity index is 753. The third-order valence-electron chi connectivity index (χ3n) is 4.51. The van der Waals surface area contributed by atoms with Crippen LogP contribution in [0.5, 0.6) is 0 Å². The maximum absolute atomic E-state index is 13.7. The normalized spacial score (nSPS) is 24.3. The summed E-state index contributed by atoms with van der Waals surface area (Å²) in [6.45, 7) is 0.753. The van der Waals surface area contributed by atoms with Crippen LogP contribution in [0, 0.1) is 11.6 Å². The molecule has 2 fully saturated rings. The second-order valence-electron chi connectivity index (χ2n) is 5.84. The minimum Gasteiger partial charge on any atom is -0.275 e. The standard InChI is InChI=1S/C17H15F2N3O/c18-12-7-6-11(10-13(12)19)16-21-9-3-4-14(21)17(23)22(16)15-5-1-2-8-20-15/h1-2,5-8,10,14,16H,3-4,9H2/t14-,16+/m0/s1. The van der Waals surface area contributed by atoms with Gasteiger partial charge in [0.05, 0.1) is 6.04 Å². The van der Waals surface area contributed by atoms with Crippen molar-refractivity contribution in [3.05, 3.63) is 59.8 Å². The van der Waals surface area contributed by atoms with Crippen molar-refractivity contribution in [1.29, 1.82) is 0 Å². The molecule has 0 radical (unpaired) electrons. The predicted molar refractivity (Wildman–Crippen MR) is 80.6 cm³/mol. The highest BCUT2D eigenvalue weighted by Gasteiger charge is 2.49. The first-order valence-corrected chi connectivity index (χ1v) is 7.61. The van der Waals surface area contributed by atoms with Gasteiger partial charge in [0, 0.05) is 12.7 Å². The molecule has 23 heavy (non-hydrogen) atoms. The summed E-state index contributed by atoms with van der Waals surface area (Å²) in [6.07, 6.45) is 2.88. The van der Waals surface area contributed by atoms with E-state index in [9.17, 15) is 13.6 Å². The van der Waals surface area contributed by atoms with Crippen LogP contribution in [0.1, 0.15) is 24.6 Å². The summed E-state index contributed by atoms with van der Waals surface area (Å²) in [6, 6.07) is 8.94. The molecule has 0 aliphatic carbocycles. The summed E-state index contributed by atoms with van der Waals surface area (Å²) in [4.78, 5) is 20.7. The van der Waals surface area contributed by atoms with Gasteiger partial charge in [-0.15, -0.1) is 0 Å². The largest absolute Gasteiger partial charge is 0.275 e. The molecule has 118 valence electrons. The van der Waals surface area contributed by atoms with Crippen molar-refractivity contribution in [2.45, 2.75) is 25.0 Å². The minimum atomic E-state index is -0.904. The molecule has 1 aromatic carbocycles. The fraction of sp³-hybridized carbons (Fsp3) is 0.294. The van der Waals surface area contributed by atoms with Crippen molar-refractivity contribution >= 4 is 11.7 Å². The van der Waals surface area contributed by atoms with Crippen LogP contribution in [-0.4, -0.2) is 28.4 Å². The molecule has 0 unspecified atom stereocenters. The lowest BCUT2D eigenvalue weighted by atomic mass is 10.1. The average molecular weight is 315 g/mol. The number of carbonyl (C=O) groups is 1. The fourth-order valence-corrected chi connectivity index (χ4v) is 3.52. The van der Waals surface area contributed by atoms with Gasteiger partial charge in [-0.25, -0.2) is 13.8 Å². The Kier molecular flexibility index (Phi) is 3.34. The molecule has 0 saturated carbocycles. The highest BCUT2D eigenvalue weighted by molar-refractivity contribution is 5.99. The molecular weight excluding hydrogens is 300 g/mol. The van der Waals surface area contributed by atoms with Gasteiger partial charge in [-0.2, -0.15) is 0 Å². The van der Waals surface area contributed by atoms with Gasteiger partial charge in [-0.1, -0.05) is 12.1 Å². The van der Waals surface area contributed by atoms with Crippen molar-refractivity contribution in [2.24, 2.45) is 0 Å². The zero-order valence-corrected chi connectivity index (χ0v) is 12.3. The summed E-state index contributed by atoms with van der Waals surface area (Å²) in [5.41, 5.74) is 0.562. The number of rotatable bonds is 2. The van der Waals surface area contributed by atoms with Crippen LogP contribution < -0.4 is 4.90 Å². The number of amides is 1. The van der Waals surface area contributed by atoms with Crippen LogP contribution >= 0.6 is 0 Å². The number of benzene rings is 1. The topological polar surface area (TPSA) is 36.4 Å². The molecule has 2 aromatic rings. The van der Waals surface area contributed by atoms with Gasteiger partial charge in [0.15, 0.2) is 11.6 Å². The molecule has 4 nitrogen and oxygen atoms in total. The molecule has 1 aromatic heterocycles. The number of hydrogen-bond donors (Lipinski definition) is 0. The maximum Gasteiger partial charge on any atom is 0.247 e. The summed E-state index contributed by atoms with van der Waals surface area (Å²) in [7, 11) is 0. The van der Waals surface area contributed by atoms with Gasteiger partial charge < -0.3 is 0 Å². The number of anilines is 1. The van der Waals surface area contributed by atoms with Gasteiger partial charge in [-0.05, 0) is 42.7 Å². The Balaban J connectivity index is 1.82. The SMILES string of the molecule is O=C1[C@@H]2CCCN2[C@@H](c2ccc(F)c(F)c2)N1c1ccccn1. The van der Waals surface area contributed by atoms with Crippen LogP contribution in [-0.2, 0) is 4.79 Å².